The van der Waals surface area contributed by atoms with Gasteiger partial charge in [-0.2, -0.15) is 20.5 Å². The van der Waals surface area contributed by atoms with Gasteiger partial charge in [-0.3, -0.25) is 0 Å². The van der Waals surface area contributed by atoms with Gasteiger partial charge in [0.05, 0.1) is 6.04 Å². The Hall–Kier alpha value is -1.50. The Kier molecular flexibility index (Phi) is 5.67. The Bertz CT molecular complexity index is 465. The molecule has 2 rings (SSSR count). The number of nitrogens with zero attached hydrogens (tertiary/aromatic N) is 1. The maximum atomic E-state index is 12.1. The minimum atomic E-state index is -2.83. The molecule has 1 unspecified atom stereocenters. The van der Waals surface area contributed by atoms with Crippen LogP contribution in [0.25, 0.3) is 0 Å². The van der Waals surface area contributed by atoms with Gasteiger partial charge in [0.25, 0.3) is 0 Å². The zero-order valence-electron chi connectivity index (χ0n) is 11.7. The molecule has 1 aromatic rings. The number of nitrogens with one attached hydrogen (secondary N) is 1. The lowest BCUT2D eigenvalue weighted by Crippen LogP contribution is -2.45. The number of carbonyl (C=O) groups excluding carboxylic acids is 1. The van der Waals surface area contributed by atoms with Crippen LogP contribution in [0.2, 0.25) is 0 Å². The first-order valence-corrected chi connectivity index (χ1v) is 7.89. The highest BCUT2D eigenvalue weighted by Crippen LogP contribution is 2.19. The van der Waals surface area contributed by atoms with Crippen molar-refractivity contribution in [1.29, 1.82) is 0 Å². The maximum absolute atomic E-state index is 12.1. The zero-order chi connectivity index (χ0) is 15.2. The molecule has 1 heterocycles. The molecule has 1 aliphatic heterocycles. The number of carbonyl (C=O) groups is 1. The fourth-order valence-corrected chi connectivity index (χ4v) is 2.97. The molecule has 0 saturated carbocycles. The van der Waals surface area contributed by atoms with Crippen LogP contribution < -0.4 is 10.1 Å². The van der Waals surface area contributed by atoms with Crippen LogP contribution in [0.3, 0.4) is 0 Å². The van der Waals surface area contributed by atoms with E-state index >= 15 is 0 Å². The second kappa shape index (κ2) is 7.49. The van der Waals surface area contributed by atoms with E-state index in [1.807, 2.05) is 18.7 Å². The average molecular weight is 316 g/mol. The van der Waals surface area contributed by atoms with Crippen molar-refractivity contribution < 1.29 is 18.3 Å². The molecular weight excluding hydrogens is 298 g/mol. The highest BCUT2D eigenvalue weighted by molar-refractivity contribution is 7.99. The van der Waals surface area contributed by atoms with Gasteiger partial charge in [-0.25, -0.2) is 4.79 Å². The summed E-state index contributed by atoms with van der Waals surface area (Å²) in [5, 5.41) is 2.91. The molecule has 7 heteroatoms. The maximum Gasteiger partial charge on any atom is 0.387 e. The second-order valence-electron chi connectivity index (χ2n) is 4.72. The van der Waals surface area contributed by atoms with Crippen LogP contribution in [-0.4, -0.2) is 42.1 Å². The summed E-state index contributed by atoms with van der Waals surface area (Å²) in [7, 11) is 0. The Labute approximate surface area is 126 Å². The van der Waals surface area contributed by atoms with Crippen LogP contribution in [0.4, 0.5) is 13.6 Å². The van der Waals surface area contributed by atoms with Crippen LogP contribution in [0.15, 0.2) is 24.3 Å². The largest absolute Gasteiger partial charge is 0.435 e. The smallest absolute Gasteiger partial charge is 0.387 e. The summed E-state index contributed by atoms with van der Waals surface area (Å²) in [5.74, 6) is 2.03. The van der Waals surface area contributed by atoms with Crippen LogP contribution in [-0.2, 0) is 0 Å². The van der Waals surface area contributed by atoms with Gasteiger partial charge >= 0.3 is 12.6 Å². The van der Waals surface area contributed by atoms with E-state index in [1.165, 1.54) is 12.1 Å². The minimum Gasteiger partial charge on any atom is -0.435 e. The van der Waals surface area contributed by atoms with Gasteiger partial charge in [0.2, 0.25) is 0 Å². The van der Waals surface area contributed by atoms with E-state index in [2.05, 4.69) is 10.1 Å². The molecular formula is C14H18F2N2O2S. The Balaban J connectivity index is 1.90. The predicted octanol–water partition coefficient (Wildman–Crippen LogP) is 3.11. The van der Waals surface area contributed by atoms with Gasteiger partial charge in [-0.05, 0) is 24.6 Å². The number of thioether (sulfide) groups is 1. The van der Waals surface area contributed by atoms with E-state index in [0.29, 0.717) is 0 Å². The molecule has 1 N–H and O–H groups in total. The lowest BCUT2D eigenvalue weighted by molar-refractivity contribution is -0.0498. The molecule has 0 aliphatic carbocycles. The van der Waals surface area contributed by atoms with E-state index in [9.17, 15) is 13.6 Å². The number of halogens is 2. The number of alkyl halides is 2. The van der Waals surface area contributed by atoms with E-state index in [-0.39, 0.29) is 17.8 Å². The third-order valence-corrected chi connectivity index (χ3v) is 4.19. The van der Waals surface area contributed by atoms with Gasteiger partial charge in [-0.1, -0.05) is 12.1 Å². The van der Waals surface area contributed by atoms with E-state index in [0.717, 1.165) is 30.2 Å². The van der Waals surface area contributed by atoms with E-state index < -0.39 is 6.61 Å². The predicted molar refractivity (Wildman–Crippen MR) is 78.9 cm³/mol. The number of amides is 2. The third kappa shape index (κ3) is 4.77. The van der Waals surface area contributed by atoms with Gasteiger partial charge in [0.1, 0.15) is 5.75 Å². The van der Waals surface area contributed by atoms with Crippen molar-refractivity contribution in [2.45, 2.75) is 19.6 Å². The first kappa shape index (κ1) is 15.9. The minimum absolute atomic E-state index is 0.0873. The molecule has 4 nitrogen and oxygen atoms in total. The highest BCUT2D eigenvalue weighted by atomic mass is 32.2. The van der Waals surface area contributed by atoms with Crippen LogP contribution in [0.1, 0.15) is 18.5 Å². The molecule has 21 heavy (non-hydrogen) atoms. The second-order valence-corrected chi connectivity index (χ2v) is 5.94. The SMILES string of the molecule is CC(NC(=O)N1CCSCC1)c1ccc(OC(F)F)cc1. The fourth-order valence-electron chi connectivity index (χ4n) is 2.06. The van der Waals surface area contributed by atoms with Crippen LogP contribution in [0.5, 0.6) is 5.75 Å². The summed E-state index contributed by atoms with van der Waals surface area (Å²) in [6.07, 6.45) is 0. The molecule has 1 aromatic carbocycles. The summed E-state index contributed by atoms with van der Waals surface area (Å²) in [4.78, 5) is 13.9. The van der Waals surface area contributed by atoms with Crippen molar-refractivity contribution in [3.8, 4) is 5.75 Å². The van der Waals surface area contributed by atoms with Crippen molar-refractivity contribution in [3.05, 3.63) is 29.8 Å². The van der Waals surface area contributed by atoms with Crippen molar-refractivity contribution in [2.75, 3.05) is 24.6 Å². The van der Waals surface area contributed by atoms with Crippen LogP contribution in [0, 0.1) is 0 Å². The van der Waals surface area contributed by atoms with Gasteiger partial charge in [-0.15, -0.1) is 0 Å². The van der Waals surface area contributed by atoms with Gasteiger partial charge in [0, 0.05) is 24.6 Å². The number of hydrogen-bond acceptors (Lipinski definition) is 3. The van der Waals surface area contributed by atoms with Crippen molar-refractivity contribution >= 4 is 17.8 Å². The molecule has 2 amide bonds. The molecule has 0 bridgehead atoms. The summed E-state index contributed by atoms with van der Waals surface area (Å²) in [6.45, 7) is 0.541. The lowest BCUT2D eigenvalue weighted by atomic mass is 10.1. The van der Waals surface area contributed by atoms with Gasteiger partial charge in [0.15, 0.2) is 0 Å². The lowest BCUT2D eigenvalue weighted by Gasteiger charge is -2.28. The summed E-state index contributed by atoms with van der Waals surface area (Å²) in [5.41, 5.74) is 0.844. The van der Waals surface area contributed by atoms with E-state index in [1.54, 1.807) is 17.0 Å². The summed E-state index contributed by atoms with van der Waals surface area (Å²) >= 11 is 1.84. The molecule has 0 aromatic heterocycles. The Morgan fingerprint density at radius 2 is 1.90 bits per heavy atom. The van der Waals surface area contributed by atoms with Crippen molar-refractivity contribution in [1.82, 2.24) is 10.2 Å². The zero-order valence-corrected chi connectivity index (χ0v) is 12.5. The number of ether oxygens (including phenoxy) is 1. The number of rotatable bonds is 4. The summed E-state index contributed by atoms with van der Waals surface area (Å²) < 4.78 is 28.4. The van der Waals surface area contributed by atoms with E-state index in [4.69, 9.17) is 0 Å². The summed E-state index contributed by atoms with van der Waals surface area (Å²) in [6, 6.07) is 6.02. The molecule has 1 fully saturated rings. The first-order chi connectivity index (χ1) is 10.1. The molecule has 116 valence electrons. The first-order valence-electron chi connectivity index (χ1n) is 6.74. The Morgan fingerprint density at radius 3 is 2.48 bits per heavy atom. The standard InChI is InChI=1S/C14H18F2N2O2S/c1-10(17-14(19)18-6-8-21-9-7-18)11-2-4-12(5-3-11)20-13(15)16/h2-5,10,13H,6-9H2,1H3,(H,17,19). The van der Waals surface area contributed by atoms with Crippen LogP contribution >= 0.6 is 11.8 Å². The highest BCUT2D eigenvalue weighted by Gasteiger charge is 2.18. The Morgan fingerprint density at radius 1 is 1.29 bits per heavy atom. The molecule has 1 atom stereocenters. The van der Waals surface area contributed by atoms with Gasteiger partial charge < -0.3 is 15.0 Å². The number of benzene rings is 1. The monoisotopic (exact) mass is 316 g/mol. The van der Waals surface area contributed by atoms with Crippen molar-refractivity contribution in [3.63, 3.8) is 0 Å². The number of hydrogen-bond donors (Lipinski definition) is 1. The number of urea groups is 1. The van der Waals surface area contributed by atoms with Crippen molar-refractivity contribution in [2.24, 2.45) is 0 Å². The molecule has 0 radical (unpaired) electrons. The molecule has 1 aliphatic rings. The molecule has 1 saturated heterocycles. The quantitative estimate of drug-likeness (QED) is 0.928. The third-order valence-electron chi connectivity index (χ3n) is 3.24. The normalized spacial score (nSPS) is 16.7. The topological polar surface area (TPSA) is 41.6 Å². The average Bonchev–Trinajstić information content (AvgIpc) is 2.48. The molecule has 0 spiro atoms. The fraction of sp³-hybridized carbons (Fsp3) is 0.500.